The average molecular weight is 304 g/mol. The first kappa shape index (κ1) is 16.0. The molecule has 0 atom stereocenters. The summed E-state index contributed by atoms with van der Waals surface area (Å²) < 4.78 is 41.9. The third-order valence-corrected chi connectivity index (χ3v) is 3.53. The number of ketones is 1. The number of halogens is 3. The first-order valence-corrected chi connectivity index (χ1v) is 7.14. The Morgan fingerprint density at radius 2 is 2.10 bits per heavy atom. The van der Waals surface area contributed by atoms with E-state index in [1.807, 2.05) is 10.9 Å². The summed E-state index contributed by atoms with van der Waals surface area (Å²) in [6.45, 7) is -1.52. The molecule has 1 aliphatic carbocycles. The number of Topliss-reactive ketones (excluding diaryl/α,β-unsaturated/α-hetero) is 1. The van der Waals surface area contributed by atoms with Crippen LogP contribution >= 0.6 is 0 Å². The van der Waals surface area contributed by atoms with E-state index in [0.717, 1.165) is 12.8 Å². The van der Waals surface area contributed by atoms with E-state index in [1.54, 1.807) is 6.07 Å². The molecule has 1 heterocycles. The Morgan fingerprint density at radius 1 is 1.38 bits per heavy atom. The third-order valence-electron chi connectivity index (χ3n) is 3.53. The molecule has 0 radical (unpaired) electrons. The number of alkyl halides is 3. The zero-order chi connectivity index (χ0) is 15.3. The fourth-order valence-electron chi connectivity index (χ4n) is 2.51. The van der Waals surface area contributed by atoms with Gasteiger partial charge in [0.05, 0.1) is 24.8 Å². The summed E-state index contributed by atoms with van der Waals surface area (Å²) in [6.07, 6.45) is 2.29. The Labute approximate surface area is 121 Å². The van der Waals surface area contributed by atoms with Crippen LogP contribution in [-0.2, 0) is 16.0 Å². The van der Waals surface area contributed by atoms with Gasteiger partial charge in [-0.15, -0.1) is 0 Å². The van der Waals surface area contributed by atoms with Gasteiger partial charge in [-0.1, -0.05) is 12.8 Å². The molecular weight excluding hydrogens is 285 g/mol. The lowest BCUT2D eigenvalue weighted by Gasteiger charge is -2.08. The summed E-state index contributed by atoms with van der Waals surface area (Å²) in [4.78, 5) is 11.7. The van der Waals surface area contributed by atoms with Crippen LogP contribution in [-0.4, -0.2) is 35.0 Å². The molecule has 1 aliphatic rings. The van der Waals surface area contributed by atoms with E-state index in [4.69, 9.17) is 0 Å². The fraction of sp³-hybridized carbons (Fsp3) is 0.714. The van der Waals surface area contributed by atoms with E-state index in [9.17, 15) is 18.0 Å². The highest BCUT2D eigenvalue weighted by Crippen LogP contribution is 2.28. The van der Waals surface area contributed by atoms with Gasteiger partial charge in [-0.05, 0) is 18.9 Å². The van der Waals surface area contributed by atoms with Crippen LogP contribution in [0.2, 0.25) is 0 Å². The SMILES string of the molecule is O=C(CCOCC(F)(F)F)Cc1ccn(C2CCCC2)n1. The Morgan fingerprint density at radius 3 is 2.76 bits per heavy atom. The van der Waals surface area contributed by atoms with E-state index < -0.39 is 12.8 Å². The summed E-state index contributed by atoms with van der Waals surface area (Å²) in [7, 11) is 0. The second-order valence-corrected chi connectivity index (χ2v) is 5.36. The number of aromatic nitrogens is 2. The van der Waals surface area contributed by atoms with Gasteiger partial charge >= 0.3 is 6.18 Å². The van der Waals surface area contributed by atoms with Crippen molar-refractivity contribution in [2.45, 2.75) is 50.7 Å². The first-order valence-electron chi connectivity index (χ1n) is 7.14. The summed E-state index contributed by atoms with van der Waals surface area (Å²) in [5.74, 6) is -0.158. The van der Waals surface area contributed by atoms with Crippen molar-refractivity contribution in [1.29, 1.82) is 0 Å². The van der Waals surface area contributed by atoms with Gasteiger partial charge in [-0.2, -0.15) is 18.3 Å². The highest BCUT2D eigenvalue weighted by molar-refractivity contribution is 5.80. The molecule has 4 nitrogen and oxygen atoms in total. The highest BCUT2D eigenvalue weighted by atomic mass is 19.4. The third kappa shape index (κ3) is 5.49. The minimum Gasteiger partial charge on any atom is -0.372 e. The summed E-state index contributed by atoms with van der Waals surface area (Å²) in [5, 5.41) is 4.37. The second-order valence-electron chi connectivity index (χ2n) is 5.36. The van der Waals surface area contributed by atoms with E-state index >= 15 is 0 Å². The highest BCUT2D eigenvalue weighted by Gasteiger charge is 2.27. The largest absolute Gasteiger partial charge is 0.411 e. The molecule has 1 aromatic heterocycles. The minimum absolute atomic E-state index is 0.0215. The van der Waals surface area contributed by atoms with Gasteiger partial charge in [-0.3, -0.25) is 9.48 Å². The number of nitrogens with zero attached hydrogens (tertiary/aromatic N) is 2. The molecule has 0 aromatic carbocycles. The minimum atomic E-state index is -4.34. The number of hydrogen-bond donors (Lipinski definition) is 0. The van der Waals surface area contributed by atoms with Crippen molar-refractivity contribution in [3.05, 3.63) is 18.0 Å². The molecule has 0 saturated heterocycles. The Bertz CT molecular complexity index is 465. The van der Waals surface area contributed by atoms with Crippen molar-refractivity contribution >= 4 is 5.78 Å². The number of hydrogen-bond acceptors (Lipinski definition) is 3. The van der Waals surface area contributed by atoms with Crippen molar-refractivity contribution in [2.24, 2.45) is 0 Å². The number of rotatable bonds is 7. The molecule has 0 spiro atoms. The molecule has 0 amide bonds. The first-order chi connectivity index (χ1) is 9.94. The molecule has 0 bridgehead atoms. The summed E-state index contributed by atoms with van der Waals surface area (Å²) in [6, 6.07) is 2.22. The Kier molecular flexibility index (Phi) is 5.39. The summed E-state index contributed by atoms with van der Waals surface area (Å²) in [5.41, 5.74) is 0.669. The van der Waals surface area contributed by atoms with Crippen LogP contribution < -0.4 is 0 Å². The number of carbonyl (C=O) groups is 1. The van der Waals surface area contributed by atoms with Crippen molar-refractivity contribution in [1.82, 2.24) is 9.78 Å². The zero-order valence-electron chi connectivity index (χ0n) is 11.7. The summed E-state index contributed by atoms with van der Waals surface area (Å²) >= 11 is 0. The van der Waals surface area contributed by atoms with E-state index in [2.05, 4.69) is 9.84 Å². The second kappa shape index (κ2) is 7.06. The monoisotopic (exact) mass is 304 g/mol. The lowest BCUT2D eigenvalue weighted by Crippen LogP contribution is -2.18. The topological polar surface area (TPSA) is 44.1 Å². The van der Waals surface area contributed by atoms with Crippen LogP contribution in [0.4, 0.5) is 13.2 Å². The normalized spacial score (nSPS) is 16.5. The quantitative estimate of drug-likeness (QED) is 0.727. The van der Waals surface area contributed by atoms with Crippen LogP contribution in [0, 0.1) is 0 Å². The molecule has 1 aromatic rings. The molecule has 1 saturated carbocycles. The fourth-order valence-corrected chi connectivity index (χ4v) is 2.51. The van der Waals surface area contributed by atoms with Gasteiger partial charge in [0.25, 0.3) is 0 Å². The maximum absolute atomic E-state index is 11.9. The van der Waals surface area contributed by atoms with Gasteiger partial charge in [0.2, 0.25) is 0 Å². The van der Waals surface area contributed by atoms with Crippen LogP contribution in [0.3, 0.4) is 0 Å². The van der Waals surface area contributed by atoms with Crippen LogP contribution in [0.15, 0.2) is 12.3 Å². The van der Waals surface area contributed by atoms with E-state index in [-0.39, 0.29) is 25.2 Å². The lowest BCUT2D eigenvalue weighted by atomic mass is 10.2. The van der Waals surface area contributed by atoms with Gasteiger partial charge in [0, 0.05) is 12.6 Å². The van der Waals surface area contributed by atoms with Gasteiger partial charge in [-0.25, -0.2) is 0 Å². The van der Waals surface area contributed by atoms with E-state index in [1.165, 1.54) is 12.8 Å². The molecule has 0 N–H and O–H groups in total. The average Bonchev–Trinajstić information content (AvgIpc) is 3.03. The molecule has 0 unspecified atom stereocenters. The van der Waals surface area contributed by atoms with Crippen molar-refractivity contribution < 1.29 is 22.7 Å². The van der Waals surface area contributed by atoms with Crippen molar-refractivity contribution in [2.75, 3.05) is 13.2 Å². The molecule has 118 valence electrons. The van der Waals surface area contributed by atoms with E-state index in [0.29, 0.717) is 11.7 Å². The van der Waals surface area contributed by atoms with Crippen LogP contribution in [0.1, 0.15) is 43.8 Å². The van der Waals surface area contributed by atoms with Crippen LogP contribution in [0.5, 0.6) is 0 Å². The molecule has 21 heavy (non-hydrogen) atoms. The predicted octanol–water partition coefficient (Wildman–Crippen LogP) is 3.08. The molecule has 7 heteroatoms. The molecule has 2 rings (SSSR count). The molecular formula is C14H19F3N2O2. The Balaban J connectivity index is 1.70. The van der Waals surface area contributed by atoms with Gasteiger partial charge in [0.1, 0.15) is 12.4 Å². The number of carbonyl (C=O) groups excluding carboxylic acids is 1. The van der Waals surface area contributed by atoms with Gasteiger partial charge < -0.3 is 4.74 Å². The Hall–Kier alpha value is -1.37. The van der Waals surface area contributed by atoms with Crippen molar-refractivity contribution in [3.8, 4) is 0 Å². The standard InChI is InChI=1S/C14H19F3N2O2/c15-14(16,17)10-21-8-6-13(20)9-11-5-7-19(18-11)12-3-1-2-4-12/h5,7,12H,1-4,6,8-10H2. The lowest BCUT2D eigenvalue weighted by molar-refractivity contribution is -0.174. The predicted molar refractivity (Wildman–Crippen MR) is 69.9 cm³/mol. The molecule has 1 fully saturated rings. The zero-order valence-corrected chi connectivity index (χ0v) is 11.7. The van der Waals surface area contributed by atoms with Gasteiger partial charge in [0.15, 0.2) is 0 Å². The number of ether oxygens (including phenoxy) is 1. The molecule has 0 aliphatic heterocycles. The maximum Gasteiger partial charge on any atom is 0.411 e. The smallest absolute Gasteiger partial charge is 0.372 e. The van der Waals surface area contributed by atoms with Crippen molar-refractivity contribution in [3.63, 3.8) is 0 Å². The van der Waals surface area contributed by atoms with Crippen LogP contribution in [0.25, 0.3) is 0 Å². The maximum atomic E-state index is 11.9.